The summed E-state index contributed by atoms with van der Waals surface area (Å²) in [6, 6.07) is 8.12. The van der Waals surface area contributed by atoms with Crippen molar-refractivity contribution in [3.63, 3.8) is 0 Å². The summed E-state index contributed by atoms with van der Waals surface area (Å²) in [5.74, 6) is 2.07. The van der Waals surface area contributed by atoms with Crippen molar-refractivity contribution < 1.29 is 0 Å². The maximum atomic E-state index is 5.87. The Morgan fingerprint density at radius 3 is 2.82 bits per heavy atom. The third-order valence-electron chi connectivity index (χ3n) is 3.39. The molecule has 1 aliphatic carbocycles. The van der Waals surface area contributed by atoms with Crippen LogP contribution in [0.15, 0.2) is 30.6 Å². The van der Waals surface area contributed by atoms with Crippen molar-refractivity contribution in [2.75, 3.05) is 5.73 Å². The first-order valence-corrected chi connectivity index (χ1v) is 5.95. The number of anilines is 1. The van der Waals surface area contributed by atoms with E-state index in [1.807, 2.05) is 23.7 Å². The van der Waals surface area contributed by atoms with Gasteiger partial charge in [0.05, 0.1) is 0 Å². The van der Waals surface area contributed by atoms with Crippen molar-refractivity contribution in [2.24, 2.45) is 13.0 Å². The monoisotopic (exact) mass is 228 g/mol. The standard InChI is InChI=1S/C13H16N4/c1-17-8-15-16-13(17)12(9-5-6-9)10-3-2-4-11(14)7-10/h2-4,7-9,12H,5-6,14H2,1H3/t12-/m1/s1. The van der Waals surface area contributed by atoms with Crippen molar-refractivity contribution in [2.45, 2.75) is 18.8 Å². The molecular weight excluding hydrogens is 212 g/mol. The van der Waals surface area contributed by atoms with Crippen molar-refractivity contribution >= 4 is 5.69 Å². The first-order chi connectivity index (χ1) is 8.25. The number of aryl methyl sites for hydroxylation is 1. The van der Waals surface area contributed by atoms with E-state index < -0.39 is 0 Å². The third kappa shape index (κ3) is 1.90. The number of benzene rings is 1. The van der Waals surface area contributed by atoms with Gasteiger partial charge in [0.15, 0.2) is 0 Å². The van der Waals surface area contributed by atoms with Gasteiger partial charge < -0.3 is 10.3 Å². The van der Waals surface area contributed by atoms with Gasteiger partial charge in [-0.3, -0.25) is 0 Å². The molecule has 1 aromatic carbocycles. The Morgan fingerprint density at radius 2 is 2.24 bits per heavy atom. The predicted octanol–water partition coefficient (Wildman–Crippen LogP) is 1.94. The molecule has 0 amide bonds. The van der Waals surface area contributed by atoms with E-state index in [0.29, 0.717) is 11.8 Å². The van der Waals surface area contributed by atoms with Crippen LogP contribution in [-0.2, 0) is 7.05 Å². The lowest BCUT2D eigenvalue weighted by molar-refractivity contribution is 0.624. The summed E-state index contributed by atoms with van der Waals surface area (Å²) < 4.78 is 2.01. The highest BCUT2D eigenvalue weighted by atomic mass is 15.2. The molecule has 0 saturated heterocycles. The van der Waals surface area contributed by atoms with Crippen LogP contribution in [0.25, 0.3) is 0 Å². The second-order valence-corrected chi connectivity index (χ2v) is 4.79. The van der Waals surface area contributed by atoms with Crippen molar-refractivity contribution in [3.8, 4) is 0 Å². The quantitative estimate of drug-likeness (QED) is 0.817. The largest absolute Gasteiger partial charge is 0.399 e. The summed E-state index contributed by atoms with van der Waals surface area (Å²) >= 11 is 0. The molecule has 1 heterocycles. The minimum absolute atomic E-state index is 0.339. The molecule has 1 saturated carbocycles. The van der Waals surface area contributed by atoms with E-state index in [-0.39, 0.29) is 0 Å². The van der Waals surface area contributed by atoms with Crippen LogP contribution in [0.4, 0.5) is 5.69 Å². The summed E-state index contributed by atoms with van der Waals surface area (Å²) in [4.78, 5) is 0. The van der Waals surface area contributed by atoms with E-state index in [9.17, 15) is 0 Å². The molecule has 0 unspecified atom stereocenters. The molecule has 0 bridgehead atoms. The lowest BCUT2D eigenvalue weighted by atomic mass is 9.93. The molecule has 1 aliphatic rings. The lowest BCUT2D eigenvalue weighted by Crippen LogP contribution is -2.10. The molecule has 0 aliphatic heterocycles. The number of rotatable bonds is 3. The molecule has 0 radical (unpaired) electrons. The van der Waals surface area contributed by atoms with E-state index in [1.54, 1.807) is 6.33 Å². The average molecular weight is 228 g/mol. The number of nitrogens with two attached hydrogens (primary N) is 1. The fourth-order valence-electron chi connectivity index (χ4n) is 2.39. The summed E-state index contributed by atoms with van der Waals surface area (Å²) in [6.45, 7) is 0. The average Bonchev–Trinajstić information content (AvgIpc) is 3.04. The zero-order valence-corrected chi connectivity index (χ0v) is 9.87. The van der Waals surface area contributed by atoms with Gasteiger partial charge in [-0.2, -0.15) is 0 Å². The molecule has 1 atom stereocenters. The maximum absolute atomic E-state index is 5.87. The Hall–Kier alpha value is -1.84. The summed E-state index contributed by atoms with van der Waals surface area (Å²) in [6.07, 6.45) is 4.30. The Balaban J connectivity index is 2.04. The van der Waals surface area contributed by atoms with Crippen LogP contribution in [0, 0.1) is 5.92 Å². The molecule has 0 spiro atoms. The van der Waals surface area contributed by atoms with Gasteiger partial charge >= 0.3 is 0 Å². The fraction of sp³-hybridized carbons (Fsp3) is 0.385. The number of hydrogen-bond donors (Lipinski definition) is 1. The molecule has 17 heavy (non-hydrogen) atoms. The van der Waals surface area contributed by atoms with Gasteiger partial charge in [-0.1, -0.05) is 12.1 Å². The van der Waals surface area contributed by atoms with Crippen LogP contribution in [0.3, 0.4) is 0 Å². The van der Waals surface area contributed by atoms with Gasteiger partial charge in [0.2, 0.25) is 0 Å². The first kappa shape index (κ1) is 10.3. The Labute approximate surface area is 100 Å². The van der Waals surface area contributed by atoms with Crippen LogP contribution >= 0.6 is 0 Å². The fourth-order valence-corrected chi connectivity index (χ4v) is 2.39. The Morgan fingerprint density at radius 1 is 1.41 bits per heavy atom. The predicted molar refractivity (Wildman–Crippen MR) is 66.4 cm³/mol. The lowest BCUT2D eigenvalue weighted by Gasteiger charge is -2.16. The molecule has 4 nitrogen and oxygen atoms in total. The van der Waals surface area contributed by atoms with Gasteiger partial charge in [0.25, 0.3) is 0 Å². The SMILES string of the molecule is Cn1cnnc1[C@@H](c1cccc(N)c1)C1CC1. The molecule has 3 rings (SSSR count). The minimum Gasteiger partial charge on any atom is -0.399 e. The Kier molecular flexibility index (Phi) is 2.35. The number of aromatic nitrogens is 3. The van der Waals surface area contributed by atoms with Gasteiger partial charge in [-0.15, -0.1) is 10.2 Å². The van der Waals surface area contributed by atoms with Gasteiger partial charge in [-0.25, -0.2) is 0 Å². The summed E-state index contributed by atoms with van der Waals surface area (Å²) in [5.41, 5.74) is 7.93. The molecule has 1 aromatic heterocycles. The molecule has 88 valence electrons. The van der Waals surface area contributed by atoms with E-state index in [1.165, 1.54) is 18.4 Å². The van der Waals surface area contributed by atoms with Crippen LogP contribution < -0.4 is 5.73 Å². The molecular formula is C13H16N4. The third-order valence-corrected chi connectivity index (χ3v) is 3.39. The minimum atomic E-state index is 0.339. The highest BCUT2D eigenvalue weighted by molar-refractivity contribution is 5.43. The van der Waals surface area contributed by atoms with Crippen LogP contribution in [0.2, 0.25) is 0 Å². The zero-order valence-electron chi connectivity index (χ0n) is 9.87. The number of nitrogen functional groups attached to an aromatic ring is 1. The normalized spacial score (nSPS) is 17.0. The van der Waals surface area contributed by atoms with Crippen LogP contribution in [0.1, 0.15) is 30.1 Å². The molecule has 2 N–H and O–H groups in total. The second-order valence-electron chi connectivity index (χ2n) is 4.79. The van der Waals surface area contributed by atoms with Crippen molar-refractivity contribution in [3.05, 3.63) is 42.0 Å². The van der Waals surface area contributed by atoms with E-state index >= 15 is 0 Å². The smallest absolute Gasteiger partial charge is 0.140 e. The highest BCUT2D eigenvalue weighted by Crippen LogP contribution is 2.45. The molecule has 1 fully saturated rings. The second kappa shape index (κ2) is 3.87. The highest BCUT2D eigenvalue weighted by Gasteiger charge is 2.36. The topological polar surface area (TPSA) is 56.7 Å². The first-order valence-electron chi connectivity index (χ1n) is 5.95. The Bertz CT molecular complexity index is 528. The van der Waals surface area contributed by atoms with Crippen LogP contribution in [0.5, 0.6) is 0 Å². The maximum Gasteiger partial charge on any atom is 0.140 e. The summed E-state index contributed by atoms with van der Waals surface area (Å²) in [7, 11) is 2.00. The van der Waals surface area contributed by atoms with Gasteiger partial charge in [0.1, 0.15) is 12.2 Å². The summed E-state index contributed by atoms with van der Waals surface area (Å²) in [5, 5.41) is 8.24. The number of hydrogen-bond acceptors (Lipinski definition) is 3. The van der Waals surface area contributed by atoms with Crippen molar-refractivity contribution in [1.82, 2.24) is 14.8 Å². The van der Waals surface area contributed by atoms with E-state index in [0.717, 1.165) is 11.5 Å². The number of nitrogens with zero attached hydrogens (tertiary/aromatic N) is 3. The van der Waals surface area contributed by atoms with E-state index in [4.69, 9.17) is 5.73 Å². The molecule has 4 heteroatoms. The zero-order chi connectivity index (χ0) is 11.8. The van der Waals surface area contributed by atoms with Gasteiger partial charge in [-0.05, 0) is 36.5 Å². The molecule has 2 aromatic rings. The van der Waals surface area contributed by atoms with Crippen molar-refractivity contribution in [1.29, 1.82) is 0 Å². The van der Waals surface area contributed by atoms with Gasteiger partial charge in [0, 0.05) is 18.7 Å². The van der Waals surface area contributed by atoms with Crippen LogP contribution in [-0.4, -0.2) is 14.8 Å². The van der Waals surface area contributed by atoms with E-state index in [2.05, 4.69) is 22.3 Å².